The number of carbonyl (C=O) groups excluding carboxylic acids is 1. The van der Waals surface area contributed by atoms with Crippen LogP contribution in [0.4, 0.5) is 14.5 Å². The minimum absolute atomic E-state index is 0.0179. The normalized spacial score (nSPS) is 23.5. The summed E-state index contributed by atoms with van der Waals surface area (Å²) < 4.78 is 28.2. The maximum atomic E-state index is 14.1. The lowest BCUT2D eigenvalue weighted by Gasteiger charge is -2.28. The first-order valence-electron chi connectivity index (χ1n) is 7.12. The van der Waals surface area contributed by atoms with Crippen molar-refractivity contribution in [2.75, 3.05) is 31.1 Å². The molecule has 2 aliphatic heterocycles. The van der Waals surface area contributed by atoms with Gasteiger partial charge < -0.3 is 4.90 Å². The molecule has 0 radical (unpaired) electrons. The van der Waals surface area contributed by atoms with Crippen LogP contribution in [0.5, 0.6) is 0 Å². The van der Waals surface area contributed by atoms with Crippen molar-refractivity contribution in [3.8, 4) is 0 Å². The lowest BCUT2D eigenvalue weighted by atomic mass is 10.1. The van der Waals surface area contributed by atoms with Crippen LogP contribution in [0.1, 0.15) is 29.6 Å². The number of halogens is 2. The molecule has 1 unspecified atom stereocenters. The van der Waals surface area contributed by atoms with E-state index in [0.717, 1.165) is 44.5 Å². The van der Waals surface area contributed by atoms with Gasteiger partial charge in [0.05, 0.1) is 0 Å². The van der Waals surface area contributed by atoms with Crippen LogP contribution in [0.3, 0.4) is 0 Å². The van der Waals surface area contributed by atoms with Gasteiger partial charge in [-0.15, -0.1) is 0 Å². The van der Waals surface area contributed by atoms with E-state index in [1.54, 1.807) is 4.90 Å². The largest absolute Gasteiger partial charge is 0.365 e. The number of hydrogen-bond donors (Lipinski definition) is 0. The summed E-state index contributed by atoms with van der Waals surface area (Å²) in [7, 11) is 0. The van der Waals surface area contributed by atoms with Gasteiger partial charge >= 0.3 is 0 Å². The molecule has 1 aromatic carbocycles. The molecule has 108 valence electrons. The van der Waals surface area contributed by atoms with Gasteiger partial charge in [-0.3, -0.25) is 9.69 Å². The lowest BCUT2D eigenvalue weighted by molar-refractivity contribution is 0.112. The van der Waals surface area contributed by atoms with Gasteiger partial charge in [0.2, 0.25) is 0 Å². The molecule has 0 aliphatic carbocycles. The average molecular weight is 280 g/mol. The van der Waals surface area contributed by atoms with E-state index in [-0.39, 0.29) is 11.3 Å². The highest BCUT2D eigenvalue weighted by molar-refractivity contribution is 5.76. The van der Waals surface area contributed by atoms with E-state index >= 15 is 0 Å². The number of rotatable bonds is 2. The lowest BCUT2D eigenvalue weighted by Crippen LogP contribution is -2.37. The summed E-state index contributed by atoms with van der Waals surface area (Å²) in [5.74, 6) is -1.28. The van der Waals surface area contributed by atoms with Gasteiger partial charge in [-0.25, -0.2) is 8.78 Å². The minimum atomic E-state index is -0.640. The van der Waals surface area contributed by atoms with E-state index in [2.05, 4.69) is 4.90 Å². The van der Waals surface area contributed by atoms with Crippen LogP contribution < -0.4 is 4.90 Å². The van der Waals surface area contributed by atoms with E-state index in [0.29, 0.717) is 25.4 Å². The second-order valence-electron chi connectivity index (χ2n) is 5.58. The molecule has 2 aliphatic rings. The van der Waals surface area contributed by atoms with Crippen LogP contribution in [-0.2, 0) is 0 Å². The summed E-state index contributed by atoms with van der Waals surface area (Å²) in [5.41, 5.74) is 0.0606. The SMILES string of the molecule is O=Cc1cc(F)c(N2CCCN3CCCC3C2)c(F)c1. The van der Waals surface area contributed by atoms with E-state index in [1.807, 2.05) is 0 Å². The van der Waals surface area contributed by atoms with Crippen molar-refractivity contribution in [1.82, 2.24) is 4.90 Å². The van der Waals surface area contributed by atoms with Crippen LogP contribution in [0.15, 0.2) is 12.1 Å². The van der Waals surface area contributed by atoms with Crippen molar-refractivity contribution in [2.24, 2.45) is 0 Å². The van der Waals surface area contributed by atoms with Crippen LogP contribution in [0, 0.1) is 11.6 Å². The van der Waals surface area contributed by atoms with Crippen molar-refractivity contribution >= 4 is 12.0 Å². The van der Waals surface area contributed by atoms with Gasteiger partial charge in [0, 0.05) is 31.2 Å². The van der Waals surface area contributed by atoms with Gasteiger partial charge in [0.1, 0.15) is 23.6 Å². The zero-order valence-electron chi connectivity index (χ0n) is 11.3. The maximum absolute atomic E-state index is 14.1. The van der Waals surface area contributed by atoms with Crippen molar-refractivity contribution in [1.29, 1.82) is 0 Å². The first kappa shape index (κ1) is 13.5. The second-order valence-corrected chi connectivity index (χ2v) is 5.58. The molecule has 2 saturated heterocycles. The number of nitrogens with zero attached hydrogens (tertiary/aromatic N) is 2. The average Bonchev–Trinajstić information content (AvgIpc) is 2.76. The van der Waals surface area contributed by atoms with Crippen LogP contribution in [0.2, 0.25) is 0 Å². The number of carbonyl (C=O) groups is 1. The Hall–Kier alpha value is -1.49. The fourth-order valence-electron chi connectivity index (χ4n) is 3.36. The fraction of sp³-hybridized carbons (Fsp3) is 0.533. The molecule has 0 spiro atoms. The number of hydrogen-bond acceptors (Lipinski definition) is 3. The summed E-state index contributed by atoms with van der Waals surface area (Å²) >= 11 is 0. The Morgan fingerprint density at radius 2 is 1.80 bits per heavy atom. The van der Waals surface area contributed by atoms with E-state index in [1.165, 1.54) is 0 Å². The summed E-state index contributed by atoms with van der Waals surface area (Å²) in [6.07, 6.45) is 3.63. The Morgan fingerprint density at radius 1 is 1.10 bits per heavy atom. The summed E-state index contributed by atoms with van der Waals surface area (Å²) in [4.78, 5) is 14.9. The van der Waals surface area contributed by atoms with Crippen LogP contribution in [-0.4, -0.2) is 43.4 Å². The summed E-state index contributed by atoms with van der Waals surface area (Å²) in [6.45, 7) is 3.40. The summed E-state index contributed by atoms with van der Waals surface area (Å²) in [5, 5.41) is 0. The molecule has 0 bridgehead atoms. The second kappa shape index (κ2) is 5.48. The fourth-order valence-corrected chi connectivity index (χ4v) is 3.36. The van der Waals surface area contributed by atoms with Crippen molar-refractivity contribution in [3.63, 3.8) is 0 Å². The summed E-state index contributed by atoms with van der Waals surface area (Å²) in [6, 6.07) is 2.62. The number of fused-ring (bicyclic) bond motifs is 1. The zero-order chi connectivity index (χ0) is 14.1. The molecule has 20 heavy (non-hydrogen) atoms. The van der Waals surface area contributed by atoms with Crippen LogP contribution in [0.25, 0.3) is 0 Å². The van der Waals surface area contributed by atoms with E-state index in [9.17, 15) is 13.6 Å². The molecule has 0 N–H and O–H groups in total. The molecule has 1 aromatic rings. The third-order valence-electron chi connectivity index (χ3n) is 4.30. The van der Waals surface area contributed by atoms with E-state index < -0.39 is 11.6 Å². The van der Waals surface area contributed by atoms with Gasteiger partial charge in [-0.1, -0.05) is 0 Å². The molecule has 0 amide bonds. The molecule has 2 fully saturated rings. The quantitative estimate of drug-likeness (QED) is 0.777. The Kier molecular flexibility index (Phi) is 3.70. The topological polar surface area (TPSA) is 23.6 Å². The smallest absolute Gasteiger partial charge is 0.150 e. The number of benzene rings is 1. The van der Waals surface area contributed by atoms with Gasteiger partial charge in [-0.05, 0) is 37.9 Å². The van der Waals surface area contributed by atoms with Crippen molar-refractivity contribution in [3.05, 3.63) is 29.3 Å². The maximum Gasteiger partial charge on any atom is 0.150 e. The van der Waals surface area contributed by atoms with Gasteiger partial charge in [0.15, 0.2) is 0 Å². The van der Waals surface area contributed by atoms with Crippen molar-refractivity contribution in [2.45, 2.75) is 25.3 Å². The molecular formula is C15H18F2N2O. The highest BCUT2D eigenvalue weighted by atomic mass is 19.1. The van der Waals surface area contributed by atoms with Gasteiger partial charge in [-0.2, -0.15) is 0 Å². The third-order valence-corrected chi connectivity index (χ3v) is 4.30. The standard InChI is InChI=1S/C15H18F2N2O/c16-13-7-11(10-20)8-14(17)15(13)19-6-2-5-18-4-1-3-12(18)9-19/h7-8,10,12H,1-6,9H2. The highest BCUT2D eigenvalue weighted by Gasteiger charge is 2.30. The predicted molar refractivity (Wildman–Crippen MR) is 73.2 cm³/mol. The van der Waals surface area contributed by atoms with Gasteiger partial charge in [0.25, 0.3) is 0 Å². The zero-order valence-corrected chi connectivity index (χ0v) is 11.3. The molecule has 5 heteroatoms. The highest BCUT2D eigenvalue weighted by Crippen LogP contribution is 2.29. The molecule has 0 saturated carbocycles. The van der Waals surface area contributed by atoms with Crippen molar-refractivity contribution < 1.29 is 13.6 Å². The molecule has 3 rings (SSSR count). The van der Waals surface area contributed by atoms with Crippen LogP contribution >= 0.6 is 0 Å². The first-order chi connectivity index (χ1) is 9.69. The Bertz CT molecular complexity index is 498. The first-order valence-corrected chi connectivity index (χ1v) is 7.12. The molecule has 3 nitrogen and oxygen atoms in total. The number of aldehydes is 1. The Balaban J connectivity index is 1.90. The third kappa shape index (κ3) is 2.42. The number of anilines is 1. The molecular weight excluding hydrogens is 262 g/mol. The Labute approximate surface area is 117 Å². The van der Waals surface area contributed by atoms with E-state index in [4.69, 9.17) is 0 Å². The predicted octanol–water partition coefficient (Wildman–Crippen LogP) is 2.45. The molecule has 0 aromatic heterocycles. The molecule has 1 atom stereocenters. The molecule has 2 heterocycles. The monoisotopic (exact) mass is 280 g/mol. The Morgan fingerprint density at radius 3 is 2.50 bits per heavy atom. The minimum Gasteiger partial charge on any atom is -0.365 e.